The van der Waals surface area contributed by atoms with Gasteiger partial charge in [0.05, 0.1) is 17.7 Å². The van der Waals surface area contributed by atoms with E-state index in [0.29, 0.717) is 12.2 Å². The molecule has 124 valence electrons. The molecular weight excluding hydrogens is 292 g/mol. The average molecular weight is 316 g/mol. The van der Waals surface area contributed by atoms with Crippen LogP contribution in [0.3, 0.4) is 0 Å². The first kappa shape index (κ1) is 16.0. The summed E-state index contributed by atoms with van der Waals surface area (Å²) in [6, 6.07) is 7.66. The number of H-pyrrole nitrogens is 1. The number of hydrogen-bond acceptors (Lipinski definition) is 4. The summed E-state index contributed by atoms with van der Waals surface area (Å²) in [5.41, 5.74) is 1.35. The van der Waals surface area contributed by atoms with Gasteiger partial charge in [-0.15, -0.1) is 0 Å². The lowest BCUT2D eigenvalue weighted by atomic mass is 10.2. The largest absolute Gasteiger partial charge is 0.373 e. The number of rotatable bonds is 5. The predicted octanol–water partition coefficient (Wildman–Crippen LogP) is 1.79. The molecule has 6 heteroatoms. The number of benzene rings is 1. The van der Waals surface area contributed by atoms with Crippen molar-refractivity contribution in [2.45, 2.75) is 32.5 Å². The first-order valence-corrected chi connectivity index (χ1v) is 8.22. The van der Waals surface area contributed by atoms with Gasteiger partial charge in [-0.1, -0.05) is 18.2 Å². The summed E-state index contributed by atoms with van der Waals surface area (Å²) in [5, 5.41) is 10.8. The molecule has 0 bridgehead atoms. The fourth-order valence-corrected chi connectivity index (χ4v) is 3.19. The zero-order valence-corrected chi connectivity index (χ0v) is 13.7. The fraction of sp³-hybridized carbons (Fsp3) is 0.529. The summed E-state index contributed by atoms with van der Waals surface area (Å²) in [6.45, 7) is 7.75. The second-order valence-electron chi connectivity index (χ2n) is 6.24. The molecule has 1 amide bonds. The number of ether oxygens (including phenoxy) is 1. The molecule has 0 radical (unpaired) electrons. The van der Waals surface area contributed by atoms with Gasteiger partial charge in [-0.25, -0.2) is 0 Å². The van der Waals surface area contributed by atoms with E-state index >= 15 is 0 Å². The molecular formula is C17H24N4O2. The van der Waals surface area contributed by atoms with Crippen molar-refractivity contribution in [1.82, 2.24) is 20.4 Å². The lowest BCUT2D eigenvalue weighted by Gasteiger charge is -2.35. The highest BCUT2D eigenvalue weighted by atomic mass is 16.5. The monoisotopic (exact) mass is 316 g/mol. The normalized spacial score (nSPS) is 22.3. The van der Waals surface area contributed by atoms with E-state index in [9.17, 15) is 4.79 Å². The van der Waals surface area contributed by atoms with E-state index in [1.807, 2.05) is 24.3 Å². The third-order valence-corrected chi connectivity index (χ3v) is 4.12. The quantitative estimate of drug-likeness (QED) is 0.825. The Bertz CT molecular complexity index is 659. The van der Waals surface area contributed by atoms with Crippen LogP contribution < -0.4 is 5.32 Å². The number of morpholine rings is 1. The Morgan fingerprint density at radius 2 is 2.09 bits per heavy atom. The van der Waals surface area contributed by atoms with Crippen molar-refractivity contribution in [2.75, 3.05) is 26.2 Å². The van der Waals surface area contributed by atoms with Gasteiger partial charge in [0.15, 0.2) is 5.69 Å². The molecule has 0 saturated carbocycles. The van der Waals surface area contributed by atoms with E-state index in [4.69, 9.17) is 4.74 Å². The number of fused-ring (bicyclic) bond motifs is 1. The second-order valence-corrected chi connectivity index (χ2v) is 6.24. The molecule has 0 aliphatic carbocycles. The third-order valence-electron chi connectivity index (χ3n) is 4.12. The number of aromatic nitrogens is 2. The minimum absolute atomic E-state index is 0.119. The van der Waals surface area contributed by atoms with E-state index < -0.39 is 0 Å². The van der Waals surface area contributed by atoms with Crippen LogP contribution in [0.4, 0.5) is 0 Å². The molecule has 1 saturated heterocycles. The van der Waals surface area contributed by atoms with Gasteiger partial charge in [0.25, 0.3) is 5.91 Å². The van der Waals surface area contributed by atoms with E-state index in [1.165, 1.54) is 0 Å². The highest BCUT2D eigenvalue weighted by Gasteiger charge is 2.21. The van der Waals surface area contributed by atoms with Crippen LogP contribution in [-0.2, 0) is 4.74 Å². The number of carbonyl (C=O) groups excluding carboxylic acids is 1. The summed E-state index contributed by atoms with van der Waals surface area (Å²) < 4.78 is 5.73. The molecule has 1 aliphatic heterocycles. The molecule has 1 aliphatic rings. The van der Waals surface area contributed by atoms with Crippen molar-refractivity contribution in [3.63, 3.8) is 0 Å². The Kier molecular flexibility index (Phi) is 4.93. The van der Waals surface area contributed by atoms with Gasteiger partial charge in [-0.3, -0.25) is 14.8 Å². The number of nitrogens with zero attached hydrogens (tertiary/aromatic N) is 2. The second kappa shape index (κ2) is 7.10. The van der Waals surface area contributed by atoms with Crippen LogP contribution in [-0.4, -0.2) is 59.4 Å². The molecule has 0 unspecified atom stereocenters. The number of carbonyl (C=O) groups is 1. The lowest BCUT2D eigenvalue weighted by Crippen LogP contribution is -2.46. The molecule has 2 aromatic rings. The highest BCUT2D eigenvalue weighted by Crippen LogP contribution is 2.15. The summed E-state index contributed by atoms with van der Waals surface area (Å²) >= 11 is 0. The van der Waals surface area contributed by atoms with Crippen molar-refractivity contribution in [1.29, 1.82) is 0 Å². The van der Waals surface area contributed by atoms with Gasteiger partial charge >= 0.3 is 0 Å². The van der Waals surface area contributed by atoms with E-state index in [0.717, 1.165) is 37.0 Å². The molecule has 1 fully saturated rings. The Balaban J connectivity index is 1.46. The number of aromatic amines is 1. The van der Waals surface area contributed by atoms with Gasteiger partial charge < -0.3 is 10.1 Å². The van der Waals surface area contributed by atoms with E-state index in [1.54, 1.807) is 0 Å². The standard InChI is InChI=1S/C17H24N4O2/c1-12-10-21(11-13(2)23-12)9-5-8-18-17(22)16-14-6-3-4-7-15(14)19-20-16/h3-4,6-7,12-13H,5,8-11H2,1-2H3,(H,18,22)(H,19,20)/t12-,13+. The van der Waals surface area contributed by atoms with E-state index in [2.05, 4.69) is 34.3 Å². The van der Waals surface area contributed by atoms with Gasteiger partial charge in [0, 0.05) is 31.6 Å². The maximum absolute atomic E-state index is 12.2. The molecule has 2 N–H and O–H groups in total. The Morgan fingerprint density at radius 3 is 2.87 bits per heavy atom. The molecule has 1 aromatic heterocycles. The predicted molar refractivity (Wildman–Crippen MR) is 89.5 cm³/mol. The average Bonchev–Trinajstić information content (AvgIpc) is 2.94. The third kappa shape index (κ3) is 3.89. The topological polar surface area (TPSA) is 70.2 Å². The van der Waals surface area contributed by atoms with Crippen LogP contribution >= 0.6 is 0 Å². The van der Waals surface area contributed by atoms with Gasteiger partial charge in [0.1, 0.15) is 0 Å². The Hall–Kier alpha value is -1.92. The van der Waals surface area contributed by atoms with Crippen molar-refractivity contribution in [3.05, 3.63) is 30.0 Å². The van der Waals surface area contributed by atoms with Crippen molar-refractivity contribution in [3.8, 4) is 0 Å². The number of hydrogen-bond donors (Lipinski definition) is 2. The van der Waals surface area contributed by atoms with Crippen molar-refractivity contribution in [2.24, 2.45) is 0 Å². The van der Waals surface area contributed by atoms with Crippen molar-refractivity contribution >= 4 is 16.8 Å². The summed E-state index contributed by atoms with van der Waals surface area (Å²) in [6.07, 6.45) is 1.49. The van der Waals surface area contributed by atoms with Gasteiger partial charge in [-0.05, 0) is 26.3 Å². The number of nitrogens with one attached hydrogen (secondary N) is 2. The minimum atomic E-state index is -0.119. The van der Waals surface area contributed by atoms with Crippen LogP contribution in [0.2, 0.25) is 0 Å². The maximum Gasteiger partial charge on any atom is 0.272 e. The maximum atomic E-state index is 12.2. The van der Waals surface area contributed by atoms with Gasteiger partial charge in [0.2, 0.25) is 0 Å². The van der Waals surface area contributed by atoms with Crippen LogP contribution in [0.15, 0.2) is 24.3 Å². The SMILES string of the molecule is C[C@@H]1CN(CCCNC(=O)c2n[nH]c3ccccc23)C[C@H](C)O1. The zero-order valence-electron chi connectivity index (χ0n) is 13.7. The zero-order chi connectivity index (χ0) is 16.2. The van der Waals surface area contributed by atoms with Crippen molar-refractivity contribution < 1.29 is 9.53 Å². The van der Waals surface area contributed by atoms with Crippen LogP contribution in [0.1, 0.15) is 30.8 Å². The molecule has 3 rings (SSSR count). The molecule has 2 heterocycles. The van der Waals surface area contributed by atoms with Crippen LogP contribution in [0, 0.1) is 0 Å². The summed E-state index contributed by atoms with van der Waals surface area (Å²) in [4.78, 5) is 14.6. The number of amides is 1. The number of para-hydroxylation sites is 1. The van der Waals surface area contributed by atoms with Gasteiger partial charge in [-0.2, -0.15) is 5.10 Å². The highest BCUT2D eigenvalue weighted by molar-refractivity contribution is 6.04. The minimum Gasteiger partial charge on any atom is -0.373 e. The fourth-order valence-electron chi connectivity index (χ4n) is 3.19. The molecule has 23 heavy (non-hydrogen) atoms. The smallest absolute Gasteiger partial charge is 0.272 e. The molecule has 0 spiro atoms. The molecule has 6 nitrogen and oxygen atoms in total. The van der Waals surface area contributed by atoms with E-state index in [-0.39, 0.29) is 18.1 Å². The Morgan fingerprint density at radius 1 is 1.35 bits per heavy atom. The van der Waals surface area contributed by atoms with Crippen LogP contribution in [0.5, 0.6) is 0 Å². The summed E-state index contributed by atoms with van der Waals surface area (Å²) in [7, 11) is 0. The lowest BCUT2D eigenvalue weighted by molar-refractivity contribution is -0.0679. The summed E-state index contributed by atoms with van der Waals surface area (Å²) in [5.74, 6) is -0.119. The molecule has 1 aromatic carbocycles. The Labute approximate surface area is 136 Å². The first-order valence-electron chi connectivity index (χ1n) is 8.22. The first-order chi connectivity index (χ1) is 11.1. The van der Waals surface area contributed by atoms with Crippen LogP contribution in [0.25, 0.3) is 10.9 Å². The molecule has 2 atom stereocenters.